The lowest BCUT2D eigenvalue weighted by Gasteiger charge is -2.24. The van der Waals surface area contributed by atoms with Crippen LogP contribution in [0.25, 0.3) is 11.1 Å². The van der Waals surface area contributed by atoms with Crippen LogP contribution in [0.4, 0.5) is 4.39 Å². The fraction of sp³-hybridized carbons (Fsp3) is 0.292. The third-order valence-corrected chi connectivity index (χ3v) is 5.14. The molecule has 0 amide bonds. The SMILES string of the molecule is CC(O)c1nccn1C(C=CF)C(O)c1ccc(-c2ccccc2OCC(O)CN)cc1. The Balaban J connectivity index is 1.86. The summed E-state index contributed by atoms with van der Waals surface area (Å²) in [5.41, 5.74) is 7.68. The minimum Gasteiger partial charge on any atom is -0.490 e. The van der Waals surface area contributed by atoms with Crippen molar-refractivity contribution in [1.29, 1.82) is 0 Å². The minimum absolute atomic E-state index is 0.0814. The Morgan fingerprint density at radius 2 is 1.84 bits per heavy atom. The van der Waals surface area contributed by atoms with Crippen LogP contribution in [0, 0.1) is 0 Å². The Morgan fingerprint density at radius 1 is 1.12 bits per heavy atom. The standard InChI is InChI=1S/C24H28FN3O4/c1-16(29)24-27-12-13-28(24)21(10-11-25)23(31)18-8-6-17(7-9-18)20-4-2-3-5-22(20)32-15-19(30)14-26/h2-13,16,19,21,23,29-31H,14-15,26H2,1H3. The number of aromatic nitrogens is 2. The number of benzene rings is 2. The largest absolute Gasteiger partial charge is 0.490 e. The molecule has 0 spiro atoms. The first-order chi connectivity index (χ1) is 15.5. The van der Waals surface area contributed by atoms with Gasteiger partial charge in [0.2, 0.25) is 0 Å². The Bertz CT molecular complexity index is 1020. The average Bonchev–Trinajstić information content (AvgIpc) is 3.31. The first kappa shape index (κ1) is 23.6. The first-order valence-electron chi connectivity index (χ1n) is 10.3. The summed E-state index contributed by atoms with van der Waals surface area (Å²) in [5, 5.41) is 30.6. The van der Waals surface area contributed by atoms with E-state index in [4.69, 9.17) is 10.5 Å². The number of aliphatic hydroxyl groups excluding tert-OH is 3. The second-order valence-electron chi connectivity index (χ2n) is 7.44. The van der Waals surface area contributed by atoms with Crippen LogP contribution in [0.15, 0.2) is 73.3 Å². The molecule has 4 atom stereocenters. The predicted molar refractivity (Wildman–Crippen MR) is 120 cm³/mol. The highest BCUT2D eigenvalue weighted by molar-refractivity contribution is 5.70. The molecular weight excluding hydrogens is 413 g/mol. The lowest BCUT2D eigenvalue weighted by molar-refractivity contribution is 0.114. The number of hydrogen-bond donors (Lipinski definition) is 4. The van der Waals surface area contributed by atoms with E-state index in [9.17, 15) is 19.7 Å². The van der Waals surface area contributed by atoms with Crippen LogP contribution in [0.1, 0.15) is 36.6 Å². The molecule has 0 aliphatic rings. The monoisotopic (exact) mass is 441 g/mol. The number of rotatable bonds is 10. The summed E-state index contributed by atoms with van der Waals surface area (Å²) in [6, 6.07) is 13.8. The molecule has 0 radical (unpaired) electrons. The highest BCUT2D eigenvalue weighted by Crippen LogP contribution is 2.34. The summed E-state index contributed by atoms with van der Waals surface area (Å²) in [6.07, 6.45) is 1.98. The number of nitrogens with two attached hydrogens (primary N) is 1. The van der Waals surface area contributed by atoms with E-state index in [2.05, 4.69) is 4.98 Å². The molecule has 0 saturated carbocycles. The number of ether oxygens (including phenoxy) is 1. The summed E-state index contributed by atoms with van der Waals surface area (Å²) in [4.78, 5) is 4.10. The van der Waals surface area contributed by atoms with Crippen molar-refractivity contribution in [2.24, 2.45) is 5.73 Å². The maximum absolute atomic E-state index is 13.1. The van der Waals surface area contributed by atoms with E-state index in [1.165, 1.54) is 12.3 Å². The van der Waals surface area contributed by atoms with Gasteiger partial charge in [-0.3, -0.25) is 0 Å². The number of imidazole rings is 1. The molecule has 32 heavy (non-hydrogen) atoms. The van der Waals surface area contributed by atoms with Gasteiger partial charge in [-0.05, 0) is 30.2 Å². The van der Waals surface area contributed by atoms with Gasteiger partial charge in [0.25, 0.3) is 0 Å². The summed E-state index contributed by atoms with van der Waals surface area (Å²) < 4.78 is 20.4. The zero-order chi connectivity index (χ0) is 23.1. The first-order valence-corrected chi connectivity index (χ1v) is 10.3. The Kier molecular flexibility index (Phi) is 8.13. The molecule has 0 saturated heterocycles. The molecule has 0 fully saturated rings. The summed E-state index contributed by atoms with van der Waals surface area (Å²) in [5.74, 6) is 0.932. The van der Waals surface area contributed by atoms with Crippen LogP contribution in [0.2, 0.25) is 0 Å². The van der Waals surface area contributed by atoms with Crippen molar-refractivity contribution in [3.8, 4) is 16.9 Å². The van der Waals surface area contributed by atoms with Crippen molar-refractivity contribution in [3.63, 3.8) is 0 Å². The van der Waals surface area contributed by atoms with E-state index < -0.39 is 24.4 Å². The zero-order valence-electron chi connectivity index (χ0n) is 17.8. The molecule has 3 aromatic rings. The molecule has 7 nitrogen and oxygen atoms in total. The molecule has 0 aliphatic heterocycles. The van der Waals surface area contributed by atoms with Gasteiger partial charge in [0.1, 0.15) is 36.5 Å². The highest BCUT2D eigenvalue weighted by atomic mass is 19.1. The normalized spacial score (nSPS) is 15.4. The van der Waals surface area contributed by atoms with Crippen molar-refractivity contribution in [3.05, 3.63) is 84.7 Å². The lowest BCUT2D eigenvalue weighted by Crippen LogP contribution is -2.26. The predicted octanol–water partition coefficient (Wildman–Crippen LogP) is 3.06. The number of nitrogens with zero attached hydrogens (tertiary/aromatic N) is 2. The zero-order valence-corrected chi connectivity index (χ0v) is 17.8. The summed E-state index contributed by atoms with van der Waals surface area (Å²) in [6.45, 7) is 1.75. The number of aliphatic hydroxyl groups is 3. The molecule has 0 aliphatic carbocycles. The summed E-state index contributed by atoms with van der Waals surface area (Å²) >= 11 is 0. The molecule has 4 unspecified atom stereocenters. The average molecular weight is 442 g/mol. The third kappa shape index (κ3) is 5.41. The van der Waals surface area contributed by atoms with Gasteiger partial charge in [-0.25, -0.2) is 9.37 Å². The van der Waals surface area contributed by atoms with Crippen molar-refractivity contribution in [2.75, 3.05) is 13.2 Å². The van der Waals surface area contributed by atoms with Gasteiger partial charge in [-0.1, -0.05) is 42.5 Å². The number of para-hydroxylation sites is 1. The maximum Gasteiger partial charge on any atom is 0.137 e. The number of halogens is 1. The second kappa shape index (κ2) is 11.0. The van der Waals surface area contributed by atoms with Gasteiger partial charge in [-0.15, -0.1) is 0 Å². The minimum atomic E-state index is -1.08. The smallest absolute Gasteiger partial charge is 0.137 e. The van der Waals surface area contributed by atoms with Crippen LogP contribution >= 0.6 is 0 Å². The van der Waals surface area contributed by atoms with Crippen LogP contribution in [0.5, 0.6) is 5.75 Å². The Labute approximate surface area is 186 Å². The molecule has 1 aromatic heterocycles. The molecule has 1 heterocycles. The fourth-order valence-electron chi connectivity index (χ4n) is 3.47. The van der Waals surface area contributed by atoms with E-state index >= 15 is 0 Å². The van der Waals surface area contributed by atoms with Crippen LogP contribution in [-0.4, -0.2) is 44.1 Å². The molecule has 3 rings (SSSR count). The van der Waals surface area contributed by atoms with Gasteiger partial charge < -0.3 is 30.4 Å². The topological polar surface area (TPSA) is 114 Å². The van der Waals surface area contributed by atoms with E-state index in [-0.39, 0.29) is 13.2 Å². The third-order valence-electron chi connectivity index (χ3n) is 5.14. The lowest BCUT2D eigenvalue weighted by atomic mass is 9.97. The van der Waals surface area contributed by atoms with Crippen molar-refractivity contribution in [1.82, 2.24) is 9.55 Å². The molecule has 0 bridgehead atoms. The highest BCUT2D eigenvalue weighted by Gasteiger charge is 2.24. The van der Waals surface area contributed by atoms with Crippen molar-refractivity contribution >= 4 is 0 Å². The summed E-state index contributed by atoms with van der Waals surface area (Å²) in [7, 11) is 0. The van der Waals surface area contributed by atoms with Gasteiger partial charge in [0, 0.05) is 24.5 Å². The van der Waals surface area contributed by atoms with Crippen LogP contribution in [-0.2, 0) is 0 Å². The van der Waals surface area contributed by atoms with Crippen molar-refractivity contribution < 1.29 is 24.4 Å². The molecular formula is C24H28FN3O4. The van der Waals surface area contributed by atoms with E-state index in [1.807, 2.05) is 30.3 Å². The quantitative estimate of drug-likeness (QED) is 0.385. The van der Waals surface area contributed by atoms with Crippen LogP contribution < -0.4 is 10.5 Å². The molecule has 5 N–H and O–H groups in total. The maximum atomic E-state index is 13.1. The molecule has 8 heteroatoms. The van der Waals surface area contributed by atoms with Crippen molar-refractivity contribution in [2.45, 2.75) is 31.3 Å². The second-order valence-corrected chi connectivity index (χ2v) is 7.44. The van der Waals surface area contributed by atoms with E-state index in [1.54, 1.807) is 35.9 Å². The van der Waals surface area contributed by atoms with E-state index in [0.29, 0.717) is 23.5 Å². The van der Waals surface area contributed by atoms with Crippen LogP contribution in [0.3, 0.4) is 0 Å². The van der Waals surface area contributed by atoms with Gasteiger partial charge >= 0.3 is 0 Å². The van der Waals surface area contributed by atoms with E-state index in [0.717, 1.165) is 11.1 Å². The van der Waals surface area contributed by atoms with Gasteiger partial charge in [0.05, 0.1) is 12.4 Å². The Hall–Kier alpha value is -3.04. The Morgan fingerprint density at radius 3 is 2.50 bits per heavy atom. The number of hydrogen-bond acceptors (Lipinski definition) is 6. The van der Waals surface area contributed by atoms with Gasteiger partial charge in [-0.2, -0.15) is 0 Å². The van der Waals surface area contributed by atoms with Gasteiger partial charge in [0.15, 0.2) is 0 Å². The molecule has 2 aromatic carbocycles. The molecule has 170 valence electrons. The fourth-order valence-corrected chi connectivity index (χ4v) is 3.47.